The Labute approximate surface area is 166 Å². The van der Waals surface area contributed by atoms with Crippen LogP contribution in [0, 0.1) is 5.41 Å². The number of benzene rings is 1. The summed E-state index contributed by atoms with van der Waals surface area (Å²) >= 11 is 0. The molecule has 150 valence electrons. The van der Waals surface area contributed by atoms with Gasteiger partial charge in [-0.25, -0.2) is 0 Å². The third-order valence-corrected chi connectivity index (χ3v) is 6.48. The molecule has 0 spiro atoms. The van der Waals surface area contributed by atoms with E-state index in [2.05, 4.69) is 36.4 Å². The molecule has 4 rings (SSSR count). The minimum absolute atomic E-state index is 0.0525. The molecule has 1 unspecified atom stereocenters. The molecular formula is C23H31N3O2. The fourth-order valence-corrected chi connectivity index (χ4v) is 5.33. The number of piperidine rings is 1. The van der Waals surface area contributed by atoms with Crippen LogP contribution in [-0.4, -0.2) is 35.3 Å². The fourth-order valence-electron chi connectivity index (χ4n) is 5.33. The Kier molecular flexibility index (Phi) is 4.23. The van der Waals surface area contributed by atoms with Crippen LogP contribution in [-0.2, 0) is 5.41 Å². The second-order valence-electron chi connectivity index (χ2n) is 10.2. The number of aromatic nitrogens is 1. The highest BCUT2D eigenvalue weighted by molar-refractivity contribution is 6.08. The van der Waals surface area contributed by atoms with Gasteiger partial charge in [0.05, 0.1) is 11.2 Å². The van der Waals surface area contributed by atoms with E-state index in [1.54, 1.807) is 0 Å². The van der Waals surface area contributed by atoms with Crippen molar-refractivity contribution in [1.29, 1.82) is 0 Å². The minimum Gasteiger partial charge on any atom is -0.352 e. The molecule has 1 fully saturated rings. The van der Waals surface area contributed by atoms with Crippen LogP contribution >= 0.6 is 0 Å². The monoisotopic (exact) mass is 381 g/mol. The Hall–Kier alpha value is -2.14. The second-order valence-corrected chi connectivity index (χ2v) is 10.2. The van der Waals surface area contributed by atoms with E-state index in [0.717, 1.165) is 48.8 Å². The summed E-state index contributed by atoms with van der Waals surface area (Å²) in [5.74, 6) is 0.105. The van der Waals surface area contributed by atoms with Crippen molar-refractivity contribution in [1.82, 2.24) is 15.6 Å². The highest BCUT2D eigenvalue weighted by Gasteiger charge is 2.45. The lowest BCUT2D eigenvalue weighted by molar-refractivity contribution is 0.0759. The molecule has 3 N–H and O–H groups in total. The lowest BCUT2D eigenvalue weighted by Crippen LogP contribution is -2.55. The number of fused-ring (bicyclic) bond motifs is 3. The van der Waals surface area contributed by atoms with Crippen LogP contribution in [0.1, 0.15) is 80.3 Å². The number of H-pyrrole nitrogens is 1. The molecule has 1 amide bonds. The third-order valence-electron chi connectivity index (χ3n) is 6.48. The van der Waals surface area contributed by atoms with Crippen molar-refractivity contribution in [2.75, 3.05) is 13.1 Å². The van der Waals surface area contributed by atoms with Crippen molar-refractivity contribution in [2.24, 2.45) is 5.41 Å². The van der Waals surface area contributed by atoms with Gasteiger partial charge in [0.2, 0.25) is 0 Å². The first kappa shape index (κ1) is 19.2. The maximum Gasteiger partial charge on any atom is 0.251 e. The van der Waals surface area contributed by atoms with Gasteiger partial charge in [0.15, 0.2) is 5.78 Å². The maximum atomic E-state index is 13.0. The summed E-state index contributed by atoms with van der Waals surface area (Å²) in [6, 6.07) is 5.73. The molecule has 2 aromatic rings. The molecule has 2 aliphatic rings. The SMILES string of the molecule is CC1(NC(=O)c2ccc3[nH]c4c(c3c2)C(C)(C)CC(C)(C)C4=O)CCCNC1. The van der Waals surface area contributed by atoms with Gasteiger partial charge in [0, 0.05) is 28.4 Å². The third kappa shape index (κ3) is 3.06. The highest BCUT2D eigenvalue weighted by atomic mass is 16.2. The molecule has 1 aromatic carbocycles. The molecule has 1 aliphatic carbocycles. The number of ketones is 1. The van der Waals surface area contributed by atoms with Gasteiger partial charge in [-0.1, -0.05) is 27.7 Å². The van der Waals surface area contributed by atoms with E-state index in [-0.39, 0.29) is 28.1 Å². The molecule has 1 aliphatic heterocycles. The summed E-state index contributed by atoms with van der Waals surface area (Å²) in [5.41, 5.74) is 2.57. The summed E-state index contributed by atoms with van der Waals surface area (Å²) in [6.07, 6.45) is 2.83. The van der Waals surface area contributed by atoms with E-state index >= 15 is 0 Å². The summed E-state index contributed by atoms with van der Waals surface area (Å²) in [5, 5.41) is 7.57. The van der Waals surface area contributed by atoms with Gasteiger partial charge in [-0.3, -0.25) is 9.59 Å². The molecule has 1 aromatic heterocycles. The summed E-state index contributed by atoms with van der Waals surface area (Å²) in [6.45, 7) is 12.3. The Morgan fingerprint density at radius 2 is 1.86 bits per heavy atom. The Bertz CT molecular complexity index is 962. The summed E-state index contributed by atoms with van der Waals surface area (Å²) in [7, 11) is 0. The van der Waals surface area contributed by atoms with Crippen LogP contribution in [0.25, 0.3) is 10.9 Å². The molecule has 28 heavy (non-hydrogen) atoms. The normalized spacial score (nSPS) is 26.1. The zero-order valence-corrected chi connectivity index (χ0v) is 17.6. The number of amides is 1. The van der Waals surface area contributed by atoms with Gasteiger partial charge >= 0.3 is 0 Å². The highest BCUT2D eigenvalue weighted by Crippen LogP contribution is 2.48. The van der Waals surface area contributed by atoms with E-state index < -0.39 is 0 Å². The maximum absolute atomic E-state index is 13.0. The number of carbonyl (C=O) groups excluding carboxylic acids is 2. The molecule has 1 atom stereocenters. The number of carbonyl (C=O) groups is 2. The first-order valence-electron chi connectivity index (χ1n) is 10.3. The van der Waals surface area contributed by atoms with Crippen LogP contribution in [0.3, 0.4) is 0 Å². The number of Topliss-reactive ketones (excluding diaryl/α,β-unsaturated/α-hetero) is 1. The van der Waals surface area contributed by atoms with Gasteiger partial charge in [0.25, 0.3) is 5.91 Å². The van der Waals surface area contributed by atoms with Crippen LogP contribution < -0.4 is 10.6 Å². The molecule has 0 radical (unpaired) electrons. The predicted octanol–water partition coefficient (Wildman–Crippen LogP) is 3.93. The van der Waals surface area contributed by atoms with Crippen molar-refractivity contribution in [2.45, 2.75) is 64.8 Å². The van der Waals surface area contributed by atoms with Crippen LogP contribution in [0.5, 0.6) is 0 Å². The fraction of sp³-hybridized carbons (Fsp3) is 0.565. The summed E-state index contributed by atoms with van der Waals surface area (Å²) in [4.78, 5) is 29.3. The van der Waals surface area contributed by atoms with E-state index in [9.17, 15) is 9.59 Å². The van der Waals surface area contributed by atoms with Crippen LogP contribution in [0.2, 0.25) is 0 Å². The van der Waals surface area contributed by atoms with E-state index in [1.807, 2.05) is 32.0 Å². The number of aromatic amines is 1. The standard InChI is InChI=1S/C23H31N3O2/c1-21(2)12-22(3,4)19(27)18-17(21)15-11-14(7-8-16(15)25-18)20(28)26-23(5)9-6-10-24-13-23/h7-8,11,24-25H,6,9-10,12-13H2,1-5H3,(H,26,28). The van der Waals surface area contributed by atoms with E-state index in [0.29, 0.717) is 11.3 Å². The number of rotatable bonds is 2. The molecule has 0 saturated carbocycles. The molecule has 2 heterocycles. The Morgan fingerprint density at radius 1 is 1.11 bits per heavy atom. The van der Waals surface area contributed by atoms with Crippen molar-refractivity contribution in [3.63, 3.8) is 0 Å². The molecule has 5 heteroatoms. The molecule has 0 bridgehead atoms. The second kappa shape index (κ2) is 6.18. The largest absolute Gasteiger partial charge is 0.352 e. The van der Waals surface area contributed by atoms with E-state index in [1.165, 1.54) is 0 Å². The minimum atomic E-state index is -0.389. The van der Waals surface area contributed by atoms with Gasteiger partial charge < -0.3 is 15.6 Å². The predicted molar refractivity (Wildman–Crippen MR) is 112 cm³/mol. The van der Waals surface area contributed by atoms with Crippen LogP contribution in [0.4, 0.5) is 0 Å². The number of nitrogens with one attached hydrogen (secondary N) is 3. The zero-order chi connectivity index (χ0) is 20.3. The number of hydrogen-bond acceptors (Lipinski definition) is 3. The molecule has 1 saturated heterocycles. The average molecular weight is 382 g/mol. The van der Waals surface area contributed by atoms with Crippen LogP contribution in [0.15, 0.2) is 18.2 Å². The van der Waals surface area contributed by atoms with E-state index in [4.69, 9.17) is 0 Å². The molecule has 5 nitrogen and oxygen atoms in total. The topological polar surface area (TPSA) is 74.0 Å². The van der Waals surface area contributed by atoms with Gasteiger partial charge in [-0.2, -0.15) is 0 Å². The lowest BCUT2D eigenvalue weighted by Gasteiger charge is -2.39. The van der Waals surface area contributed by atoms with Gasteiger partial charge in [-0.15, -0.1) is 0 Å². The van der Waals surface area contributed by atoms with Crippen molar-refractivity contribution in [3.8, 4) is 0 Å². The zero-order valence-electron chi connectivity index (χ0n) is 17.6. The van der Waals surface area contributed by atoms with Gasteiger partial charge in [-0.05, 0) is 61.9 Å². The quantitative estimate of drug-likeness (QED) is 0.738. The van der Waals surface area contributed by atoms with Gasteiger partial charge in [0.1, 0.15) is 0 Å². The van der Waals surface area contributed by atoms with Crippen molar-refractivity contribution < 1.29 is 9.59 Å². The van der Waals surface area contributed by atoms with Crippen molar-refractivity contribution in [3.05, 3.63) is 35.0 Å². The lowest BCUT2D eigenvalue weighted by atomic mass is 9.63. The van der Waals surface area contributed by atoms with Crippen molar-refractivity contribution >= 4 is 22.6 Å². The smallest absolute Gasteiger partial charge is 0.251 e. The first-order chi connectivity index (χ1) is 13.0. The first-order valence-corrected chi connectivity index (χ1v) is 10.3. The average Bonchev–Trinajstić information content (AvgIpc) is 2.99. The molecular weight excluding hydrogens is 350 g/mol. The summed E-state index contributed by atoms with van der Waals surface area (Å²) < 4.78 is 0. The Morgan fingerprint density at radius 3 is 2.54 bits per heavy atom. The Balaban J connectivity index is 1.74. The number of hydrogen-bond donors (Lipinski definition) is 3.